The molecule has 53 heavy (non-hydrogen) atoms. The summed E-state index contributed by atoms with van der Waals surface area (Å²) in [7, 11) is 0. The summed E-state index contributed by atoms with van der Waals surface area (Å²) in [6.07, 6.45) is 3.93. The van der Waals surface area contributed by atoms with Crippen molar-refractivity contribution in [3.8, 4) is 33.9 Å². The smallest absolute Gasteiger partial charge is 0.216 e. The number of fused-ring (bicyclic) bond motifs is 4. The van der Waals surface area contributed by atoms with E-state index < -0.39 is 13.3 Å². The third-order valence-corrected chi connectivity index (χ3v) is 13.8. The van der Waals surface area contributed by atoms with Crippen LogP contribution in [0.4, 0.5) is 0 Å². The van der Waals surface area contributed by atoms with E-state index in [1.165, 1.54) is 9.96 Å². The molecule has 5 aromatic heterocycles. The van der Waals surface area contributed by atoms with Crippen LogP contribution in [0.3, 0.4) is 0 Å². The third-order valence-electron chi connectivity index (χ3n) is 9.55. The summed E-state index contributed by atoms with van der Waals surface area (Å²) in [5.41, 5.74) is 11.8. The maximum absolute atomic E-state index is 6.43. The van der Waals surface area contributed by atoms with Gasteiger partial charge < -0.3 is 8.98 Å². The summed E-state index contributed by atoms with van der Waals surface area (Å²) >= 11 is -1.85. The Labute approximate surface area is 328 Å². The van der Waals surface area contributed by atoms with Crippen molar-refractivity contribution in [2.75, 3.05) is 0 Å². The van der Waals surface area contributed by atoms with Gasteiger partial charge in [0.1, 0.15) is 0 Å². The van der Waals surface area contributed by atoms with E-state index in [-0.39, 0.29) is 26.1 Å². The first kappa shape index (κ1) is 38.3. The number of hydrogen-bond donors (Lipinski definition) is 0. The Balaban J connectivity index is 0.000000206. The number of aryl methyl sites for hydroxylation is 2. The largest absolute Gasteiger partial charge is 0.486 e. The molecule has 271 valence electrons. The van der Waals surface area contributed by atoms with E-state index in [2.05, 4.69) is 121 Å². The van der Waals surface area contributed by atoms with Crippen LogP contribution < -0.4 is 4.40 Å². The van der Waals surface area contributed by atoms with Crippen molar-refractivity contribution < 1.29 is 24.5 Å². The van der Waals surface area contributed by atoms with Crippen LogP contribution in [0.5, 0.6) is 0 Å². The number of imidazole rings is 1. The van der Waals surface area contributed by atoms with Crippen LogP contribution in [0, 0.1) is 26.0 Å². The first-order chi connectivity index (χ1) is 24.9. The van der Waals surface area contributed by atoms with Gasteiger partial charge in [-0.2, -0.15) is 0 Å². The Hall–Kier alpha value is -4.43. The number of benzene rings is 3. The maximum atomic E-state index is 6.43. The monoisotopic (exact) mass is 938 g/mol. The fraction of sp³-hybridized carbons (Fsp3) is 0.244. The molecule has 0 atom stereocenters. The maximum Gasteiger partial charge on any atom is 0.216 e. The molecule has 5 heterocycles. The van der Waals surface area contributed by atoms with Crippen molar-refractivity contribution in [1.82, 2.24) is 24.5 Å². The molecule has 8 aromatic rings. The average Bonchev–Trinajstić information content (AvgIpc) is 3.73. The Bertz CT molecular complexity index is 2530. The summed E-state index contributed by atoms with van der Waals surface area (Å²) in [6, 6.07) is 35.5. The zero-order chi connectivity index (χ0) is 36.7. The van der Waals surface area contributed by atoms with Gasteiger partial charge in [0.05, 0.1) is 33.8 Å². The van der Waals surface area contributed by atoms with Gasteiger partial charge in [0.15, 0.2) is 0 Å². The molecule has 0 spiro atoms. The predicted molar refractivity (Wildman–Crippen MR) is 218 cm³/mol. The van der Waals surface area contributed by atoms with E-state index in [9.17, 15) is 0 Å². The fourth-order valence-corrected chi connectivity index (χ4v) is 10.5. The fourth-order valence-electron chi connectivity index (χ4n) is 6.96. The number of rotatable bonds is 6. The van der Waals surface area contributed by atoms with Gasteiger partial charge in [0.2, 0.25) is 5.71 Å². The van der Waals surface area contributed by atoms with Gasteiger partial charge in [-0.25, -0.2) is 4.98 Å². The molecular formula is C45H45GeIrN5O-2. The molecule has 8 rings (SSSR count). The van der Waals surface area contributed by atoms with Crippen LogP contribution >= 0.6 is 0 Å². The molecule has 0 aliphatic heterocycles. The van der Waals surface area contributed by atoms with E-state index in [0.29, 0.717) is 11.6 Å². The number of furan rings is 1. The van der Waals surface area contributed by atoms with E-state index >= 15 is 0 Å². The Kier molecular flexibility index (Phi) is 11.2. The van der Waals surface area contributed by atoms with Crippen molar-refractivity contribution in [1.29, 1.82) is 0 Å². The van der Waals surface area contributed by atoms with Crippen molar-refractivity contribution in [2.24, 2.45) is 0 Å². The second kappa shape index (κ2) is 15.5. The van der Waals surface area contributed by atoms with Crippen molar-refractivity contribution in [2.45, 2.75) is 70.8 Å². The molecule has 0 fully saturated rings. The molecule has 0 aliphatic carbocycles. The minimum absolute atomic E-state index is 0. The summed E-state index contributed by atoms with van der Waals surface area (Å²) in [5, 5.41) is 2.06. The number of aromatic nitrogens is 5. The van der Waals surface area contributed by atoms with E-state index in [1.54, 1.807) is 0 Å². The number of pyridine rings is 3. The van der Waals surface area contributed by atoms with Crippen LogP contribution in [-0.2, 0) is 20.1 Å². The predicted octanol–water partition coefficient (Wildman–Crippen LogP) is 11.3. The molecule has 0 bridgehead atoms. The molecule has 6 nitrogen and oxygen atoms in total. The van der Waals surface area contributed by atoms with Gasteiger partial charge in [0, 0.05) is 43.3 Å². The summed E-state index contributed by atoms with van der Waals surface area (Å²) in [5.74, 6) is 8.67. The molecular weight excluding hydrogens is 891 g/mol. The zero-order valence-electron chi connectivity index (χ0n) is 31.9. The Morgan fingerprint density at radius 2 is 1.57 bits per heavy atom. The third kappa shape index (κ3) is 7.53. The molecule has 3 aromatic carbocycles. The average molecular weight is 937 g/mol. The Morgan fingerprint density at radius 3 is 2.25 bits per heavy atom. The molecule has 0 saturated heterocycles. The first-order valence-corrected chi connectivity index (χ1v) is 25.4. The zero-order valence-corrected chi connectivity index (χ0v) is 36.4. The van der Waals surface area contributed by atoms with Gasteiger partial charge >= 0.3 is 119 Å². The molecule has 0 N–H and O–H groups in total. The molecule has 0 unspecified atom stereocenters. The molecule has 0 amide bonds. The van der Waals surface area contributed by atoms with Crippen molar-refractivity contribution >= 4 is 50.8 Å². The standard InChI is InChI=1S/C28H23N4O.C17H22GeN.Ir/c1-16(2)32-25-18(4)29-15-14-23(25)30-27(32)21-11-10-17(3)24-20-12-13-22(19-8-6-5-7-9-19)31-28(20)33-26(21)24;1-13(2)15-11-17(14-9-7-6-8-10-14)19-12-16(15)18(3,4)5;/h5-10,12-16H,1-4H3;6-9,11-13H,1-5H3;/q2*-1;. The molecule has 0 aliphatic rings. The summed E-state index contributed by atoms with van der Waals surface area (Å²) in [6.45, 7) is 13.0. The van der Waals surface area contributed by atoms with Crippen molar-refractivity contribution in [3.63, 3.8) is 0 Å². The van der Waals surface area contributed by atoms with Gasteiger partial charge in [-0.15, -0.1) is 17.7 Å². The van der Waals surface area contributed by atoms with Gasteiger partial charge in [-0.05, 0) is 39.0 Å². The second-order valence-electron chi connectivity index (χ2n) is 15.1. The molecule has 8 heteroatoms. The van der Waals surface area contributed by atoms with Gasteiger partial charge in [-0.3, -0.25) is 9.97 Å². The number of hydrogen-bond acceptors (Lipinski definition) is 5. The van der Waals surface area contributed by atoms with Gasteiger partial charge in [-0.1, -0.05) is 48.2 Å². The SMILES string of the molecule is CC(C)c1cc(-c2[c-]cccc2)nc[c]1[Ge]([CH3])([CH3])[CH3].Cc1c[c-]c(-c2nc3ccnc(C)c3n2C(C)C)c2oc3nc(-c4ccccc4)ccc3c12.[Ir]. The first-order valence-electron chi connectivity index (χ1n) is 18.0. The number of nitrogens with zero attached hydrogens (tertiary/aromatic N) is 5. The van der Waals surface area contributed by atoms with Crippen LogP contribution in [0.25, 0.3) is 67.0 Å². The quantitative estimate of drug-likeness (QED) is 0.123. The van der Waals surface area contributed by atoms with Crippen molar-refractivity contribution in [3.05, 3.63) is 126 Å². The topological polar surface area (TPSA) is 69.6 Å². The molecule has 0 saturated carbocycles. The molecule has 1 radical (unpaired) electrons. The van der Waals surface area contributed by atoms with Crippen LogP contribution in [-0.4, -0.2) is 37.8 Å². The second-order valence-corrected chi connectivity index (χ2v) is 25.6. The van der Waals surface area contributed by atoms with Crippen LogP contribution in [0.2, 0.25) is 17.3 Å². The van der Waals surface area contributed by atoms with Gasteiger partial charge in [0.25, 0.3) is 0 Å². The van der Waals surface area contributed by atoms with E-state index in [0.717, 1.165) is 72.5 Å². The summed E-state index contributed by atoms with van der Waals surface area (Å²) in [4.78, 5) is 19.0. The Morgan fingerprint density at radius 1 is 0.811 bits per heavy atom. The summed E-state index contributed by atoms with van der Waals surface area (Å²) < 4.78 is 10.2. The van der Waals surface area contributed by atoms with E-state index in [1.807, 2.05) is 61.7 Å². The van der Waals surface area contributed by atoms with Crippen LogP contribution in [0.15, 0.2) is 102 Å². The minimum Gasteiger partial charge on any atom is -0.486 e. The van der Waals surface area contributed by atoms with Crippen LogP contribution in [0.1, 0.15) is 56.5 Å². The minimum atomic E-state index is -1.85. The normalized spacial score (nSPS) is 11.7. The van der Waals surface area contributed by atoms with E-state index in [4.69, 9.17) is 14.4 Å².